The lowest BCUT2D eigenvalue weighted by Gasteiger charge is -2.12. The molecule has 40 heavy (non-hydrogen) atoms. The second-order valence-electron chi connectivity index (χ2n) is 8.85. The van der Waals surface area contributed by atoms with Gasteiger partial charge in [-0.1, -0.05) is 59.1 Å². The van der Waals surface area contributed by atoms with Crippen LogP contribution in [0, 0.1) is 18.3 Å². The van der Waals surface area contributed by atoms with Gasteiger partial charge >= 0.3 is 0 Å². The van der Waals surface area contributed by atoms with E-state index in [9.17, 15) is 10.1 Å². The Morgan fingerprint density at radius 2 is 1.62 bits per heavy atom. The van der Waals surface area contributed by atoms with E-state index in [4.69, 9.17) is 37.4 Å². The van der Waals surface area contributed by atoms with Gasteiger partial charge in [-0.2, -0.15) is 5.26 Å². The van der Waals surface area contributed by atoms with Crippen LogP contribution in [-0.2, 0) is 18.0 Å². The fourth-order valence-electron chi connectivity index (χ4n) is 3.67. The Bertz CT molecular complexity index is 1560. The summed E-state index contributed by atoms with van der Waals surface area (Å²) in [5.74, 6) is 1.13. The largest absolute Gasteiger partial charge is 0.497 e. The van der Waals surface area contributed by atoms with Crippen molar-refractivity contribution in [3.63, 3.8) is 0 Å². The number of nitriles is 1. The molecule has 4 aromatic rings. The SMILES string of the molecule is COc1ccc(/C=C(\C#N)C(=O)Nc2ccc(OCc3ccc(Cl)cc3Cl)cc2)c(OCc2ccc(C)cc2)c1. The topological polar surface area (TPSA) is 80.6 Å². The maximum Gasteiger partial charge on any atom is 0.266 e. The number of halogens is 2. The minimum absolute atomic E-state index is 0.0805. The van der Waals surface area contributed by atoms with Crippen LogP contribution in [0.4, 0.5) is 5.69 Å². The van der Waals surface area contributed by atoms with Crippen LogP contribution in [0.15, 0.2) is 90.5 Å². The van der Waals surface area contributed by atoms with Crippen LogP contribution in [0.2, 0.25) is 10.0 Å². The van der Waals surface area contributed by atoms with Crippen LogP contribution in [0.3, 0.4) is 0 Å². The number of nitrogens with zero attached hydrogens (tertiary/aromatic N) is 1. The monoisotopic (exact) mass is 572 g/mol. The van der Waals surface area contributed by atoms with E-state index in [-0.39, 0.29) is 12.2 Å². The quantitative estimate of drug-likeness (QED) is 0.154. The average molecular weight is 573 g/mol. The molecule has 0 atom stereocenters. The van der Waals surface area contributed by atoms with Gasteiger partial charge in [0.2, 0.25) is 0 Å². The summed E-state index contributed by atoms with van der Waals surface area (Å²) >= 11 is 12.1. The second kappa shape index (κ2) is 13.6. The van der Waals surface area contributed by atoms with Crippen molar-refractivity contribution in [3.8, 4) is 23.3 Å². The van der Waals surface area contributed by atoms with Gasteiger partial charge in [0.05, 0.1) is 7.11 Å². The first-order valence-electron chi connectivity index (χ1n) is 12.3. The Labute approximate surface area is 243 Å². The molecule has 0 radical (unpaired) electrons. The van der Waals surface area contributed by atoms with Crippen molar-refractivity contribution in [2.75, 3.05) is 12.4 Å². The Hall–Kier alpha value is -4.44. The number of benzene rings is 4. The first kappa shape index (κ1) is 28.6. The van der Waals surface area contributed by atoms with E-state index < -0.39 is 5.91 Å². The number of aryl methyl sites for hydroxylation is 1. The van der Waals surface area contributed by atoms with E-state index in [0.717, 1.165) is 16.7 Å². The van der Waals surface area contributed by atoms with Crippen molar-refractivity contribution < 1.29 is 19.0 Å². The smallest absolute Gasteiger partial charge is 0.266 e. The Morgan fingerprint density at radius 3 is 2.30 bits per heavy atom. The molecule has 8 heteroatoms. The molecule has 1 amide bonds. The van der Waals surface area contributed by atoms with E-state index in [0.29, 0.717) is 45.2 Å². The number of nitrogens with one attached hydrogen (secondary N) is 1. The standard InChI is InChI=1S/C32H26Cl2N2O4/c1-21-3-5-22(6-4-21)19-40-31-17-29(38-2)12-8-23(31)15-25(18-35)32(37)36-27-10-13-28(14-11-27)39-20-24-7-9-26(33)16-30(24)34/h3-17H,19-20H2,1-2H3,(H,36,37)/b25-15+. The van der Waals surface area contributed by atoms with Gasteiger partial charge in [-0.15, -0.1) is 0 Å². The van der Waals surface area contributed by atoms with Crippen LogP contribution in [0.1, 0.15) is 22.3 Å². The molecule has 0 aliphatic rings. The molecule has 0 aliphatic carbocycles. The molecule has 0 fully saturated rings. The van der Waals surface area contributed by atoms with Crippen molar-refractivity contribution in [2.45, 2.75) is 20.1 Å². The first-order chi connectivity index (χ1) is 19.3. The molecular weight excluding hydrogens is 547 g/mol. The average Bonchev–Trinajstić information content (AvgIpc) is 2.96. The number of methoxy groups -OCH3 is 1. The van der Waals surface area contributed by atoms with E-state index in [2.05, 4.69) is 5.32 Å². The van der Waals surface area contributed by atoms with Gasteiger partial charge in [0.25, 0.3) is 5.91 Å². The van der Waals surface area contributed by atoms with Crippen molar-refractivity contribution in [3.05, 3.63) is 123 Å². The molecule has 0 aromatic heterocycles. The number of ether oxygens (including phenoxy) is 3. The maximum atomic E-state index is 12.9. The van der Waals surface area contributed by atoms with Gasteiger partial charge in [-0.05, 0) is 67.1 Å². The molecule has 4 rings (SSSR count). The van der Waals surface area contributed by atoms with E-state index in [1.54, 1.807) is 67.8 Å². The summed E-state index contributed by atoms with van der Waals surface area (Å²) < 4.78 is 17.2. The number of carbonyl (C=O) groups excluding carboxylic acids is 1. The summed E-state index contributed by atoms with van der Waals surface area (Å²) in [5, 5.41) is 13.6. The third kappa shape index (κ3) is 7.79. The van der Waals surface area contributed by atoms with Crippen LogP contribution in [0.25, 0.3) is 6.08 Å². The number of rotatable bonds is 10. The molecular formula is C32H26Cl2N2O4. The van der Waals surface area contributed by atoms with Crippen LogP contribution in [-0.4, -0.2) is 13.0 Å². The molecule has 202 valence electrons. The minimum atomic E-state index is -0.551. The Kier molecular flexibility index (Phi) is 9.69. The van der Waals surface area contributed by atoms with Gasteiger partial charge in [-0.25, -0.2) is 0 Å². The van der Waals surface area contributed by atoms with Gasteiger partial charge in [0, 0.05) is 32.9 Å². The zero-order valence-corrected chi connectivity index (χ0v) is 23.4. The van der Waals surface area contributed by atoms with Crippen LogP contribution < -0.4 is 19.5 Å². The van der Waals surface area contributed by atoms with Crippen molar-refractivity contribution in [1.29, 1.82) is 5.26 Å². The van der Waals surface area contributed by atoms with Crippen LogP contribution in [0.5, 0.6) is 17.2 Å². The highest BCUT2D eigenvalue weighted by Crippen LogP contribution is 2.28. The molecule has 4 aromatic carbocycles. The van der Waals surface area contributed by atoms with Crippen LogP contribution >= 0.6 is 23.2 Å². The molecule has 1 N–H and O–H groups in total. The first-order valence-corrected chi connectivity index (χ1v) is 13.1. The molecule has 0 heterocycles. The zero-order valence-electron chi connectivity index (χ0n) is 21.9. The third-order valence-corrected chi connectivity index (χ3v) is 6.51. The summed E-state index contributed by atoms with van der Waals surface area (Å²) in [4.78, 5) is 12.9. The molecule has 0 aliphatic heterocycles. The summed E-state index contributed by atoms with van der Waals surface area (Å²) in [6, 6.07) is 27.2. The molecule has 0 bridgehead atoms. The number of carbonyl (C=O) groups is 1. The van der Waals surface area contributed by atoms with Crippen molar-refractivity contribution >= 4 is 40.9 Å². The molecule has 0 spiro atoms. The second-order valence-corrected chi connectivity index (χ2v) is 9.69. The maximum absolute atomic E-state index is 12.9. The molecule has 0 unspecified atom stereocenters. The lowest BCUT2D eigenvalue weighted by atomic mass is 10.1. The summed E-state index contributed by atoms with van der Waals surface area (Å²) in [6.45, 7) is 2.60. The van der Waals surface area contributed by atoms with Gasteiger partial charge in [0.1, 0.15) is 42.1 Å². The Morgan fingerprint density at radius 1 is 0.900 bits per heavy atom. The zero-order chi connectivity index (χ0) is 28.5. The number of amides is 1. The van der Waals surface area contributed by atoms with E-state index in [1.165, 1.54) is 6.08 Å². The molecule has 0 saturated carbocycles. The Balaban J connectivity index is 1.43. The molecule has 6 nitrogen and oxygen atoms in total. The fourth-order valence-corrected chi connectivity index (χ4v) is 4.13. The lowest BCUT2D eigenvalue weighted by molar-refractivity contribution is -0.112. The predicted molar refractivity (Wildman–Crippen MR) is 158 cm³/mol. The highest BCUT2D eigenvalue weighted by Gasteiger charge is 2.13. The summed E-state index contributed by atoms with van der Waals surface area (Å²) in [7, 11) is 1.56. The van der Waals surface area contributed by atoms with Crippen molar-refractivity contribution in [2.24, 2.45) is 0 Å². The predicted octanol–water partition coefficient (Wildman–Crippen LogP) is 8.01. The van der Waals surface area contributed by atoms with E-state index in [1.807, 2.05) is 37.3 Å². The molecule has 0 saturated heterocycles. The lowest BCUT2D eigenvalue weighted by Crippen LogP contribution is -2.13. The number of hydrogen-bond acceptors (Lipinski definition) is 5. The summed E-state index contributed by atoms with van der Waals surface area (Å²) in [6.07, 6.45) is 1.49. The third-order valence-electron chi connectivity index (χ3n) is 5.92. The van der Waals surface area contributed by atoms with Gasteiger partial charge in [-0.3, -0.25) is 4.79 Å². The number of hydrogen-bond donors (Lipinski definition) is 1. The van der Waals surface area contributed by atoms with Gasteiger partial charge < -0.3 is 19.5 Å². The highest BCUT2D eigenvalue weighted by molar-refractivity contribution is 6.35. The summed E-state index contributed by atoms with van der Waals surface area (Å²) in [5.41, 5.74) is 3.95. The normalized spacial score (nSPS) is 10.9. The minimum Gasteiger partial charge on any atom is -0.497 e. The van der Waals surface area contributed by atoms with Crippen molar-refractivity contribution in [1.82, 2.24) is 0 Å². The fraction of sp³-hybridized carbons (Fsp3) is 0.125. The van der Waals surface area contributed by atoms with Gasteiger partial charge in [0.15, 0.2) is 0 Å². The van der Waals surface area contributed by atoms with E-state index >= 15 is 0 Å². The number of anilines is 1. The highest BCUT2D eigenvalue weighted by atomic mass is 35.5.